The Labute approximate surface area is 93.1 Å². The van der Waals surface area contributed by atoms with Crippen LogP contribution in [-0.4, -0.2) is 32.4 Å². The molecule has 0 atom stereocenters. The predicted molar refractivity (Wildman–Crippen MR) is 57.4 cm³/mol. The Morgan fingerprint density at radius 3 is 2.81 bits per heavy atom. The average Bonchev–Trinajstić information content (AvgIpc) is 2.23. The van der Waals surface area contributed by atoms with E-state index in [2.05, 4.69) is 4.74 Å². The standard InChI is InChI=1S/C11H13NO4/c1-14-11(13)8-3-2-4-9(12)10(8)16-7-5-15-6-7/h2-4,7H,5-6,12H2,1H3. The van der Waals surface area contributed by atoms with E-state index in [-0.39, 0.29) is 6.10 Å². The summed E-state index contributed by atoms with van der Waals surface area (Å²) in [6.45, 7) is 1.05. The Morgan fingerprint density at radius 2 is 2.25 bits per heavy atom. The van der Waals surface area contributed by atoms with E-state index >= 15 is 0 Å². The Kier molecular flexibility index (Phi) is 2.96. The molecule has 86 valence electrons. The summed E-state index contributed by atoms with van der Waals surface area (Å²) in [5, 5.41) is 0. The fourth-order valence-electron chi connectivity index (χ4n) is 1.41. The van der Waals surface area contributed by atoms with Gasteiger partial charge in [-0.15, -0.1) is 0 Å². The molecule has 2 rings (SSSR count). The first-order valence-electron chi connectivity index (χ1n) is 4.93. The lowest BCUT2D eigenvalue weighted by Crippen LogP contribution is -2.39. The third kappa shape index (κ3) is 1.94. The van der Waals surface area contributed by atoms with Crippen LogP contribution in [0.4, 0.5) is 5.69 Å². The summed E-state index contributed by atoms with van der Waals surface area (Å²) in [7, 11) is 1.32. The number of nitrogen functional groups attached to an aromatic ring is 1. The lowest BCUT2D eigenvalue weighted by Gasteiger charge is -2.28. The Morgan fingerprint density at radius 1 is 1.50 bits per heavy atom. The molecule has 1 aliphatic rings. The van der Waals surface area contributed by atoms with Gasteiger partial charge in [-0.1, -0.05) is 6.07 Å². The Hall–Kier alpha value is -1.75. The van der Waals surface area contributed by atoms with E-state index in [4.69, 9.17) is 15.2 Å². The summed E-state index contributed by atoms with van der Waals surface area (Å²) in [6, 6.07) is 4.99. The zero-order valence-electron chi connectivity index (χ0n) is 8.93. The van der Waals surface area contributed by atoms with E-state index in [1.54, 1.807) is 18.2 Å². The van der Waals surface area contributed by atoms with Crippen LogP contribution in [0.1, 0.15) is 10.4 Å². The minimum atomic E-state index is -0.456. The minimum absolute atomic E-state index is 0.0342. The molecule has 2 N–H and O–H groups in total. The lowest BCUT2D eigenvalue weighted by molar-refractivity contribution is -0.0796. The third-order valence-electron chi connectivity index (χ3n) is 2.34. The quantitative estimate of drug-likeness (QED) is 0.607. The highest BCUT2D eigenvalue weighted by Gasteiger charge is 2.24. The molecule has 1 aromatic carbocycles. The van der Waals surface area contributed by atoms with Crippen molar-refractivity contribution in [1.29, 1.82) is 0 Å². The Balaban J connectivity index is 2.28. The number of methoxy groups -OCH3 is 1. The second-order valence-corrected chi connectivity index (χ2v) is 3.49. The molecule has 0 aromatic heterocycles. The van der Waals surface area contributed by atoms with Crippen LogP contribution in [0.15, 0.2) is 18.2 Å². The molecule has 0 saturated carbocycles. The molecular formula is C11H13NO4. The number of hydrogen-bond acceptors (Lipinski definition) is 5. The fourth-order valence-corrected chi connectivity index (χ4v) is 1.41. The molecule has 0 unspecified atom stereocenters. The number of para-hydroxylation sites is 1. The number of carbonyl (C=O) groups excluding carboxylic acids is 1. The second kappa shape index (κ2) is 4.40. The largest absolute Gasteiger partial charge is 0.483 e. The van der Waals surface area contributed by atoms with E-state index in [0.29, 0.717) is 30.2 Å². The van der Waals surface area contributed by atoms with Crippen molar-refractivity contribution in [2.24, 2.45) is 0 Å². The van der Waals surface area contributed by atoms with E-state index < -0.39 is 5.97 Å². The molecule has 5 nitrogen and oxygen atoms in total. The second-order valence-electron chi connectivity index (χ2n) is 3.49. The highest BCUT2D eigenvalue weighted by molar-refractivity contribution is 5.94. The maximum Gasteiger partial charge on any atom is 0.341 e. The molecule has 16 heavy (non-hydrogen) atoms. The zero-order chi connectivity index (χ0) is 11.5. The first-order chi connectivity index (χ1) is 7.72. The van der Waals surface area contributed by atoms with Crippen LogP contribution in [0.5, 0.6) is 5.75 Å². The van der Waals surface area contributed by atoms with Gasteiger partial charge in [0.15, 0.2) is 5.75 Å². The van der Waals surface area contributed by atoms with Crippen molar-refractivity contribution in [3.63, 3.8) is 0 Å². The molecule has 1 aromatic rings. The smallest absolute Gasteiger partial charge is 0.341 e. The van der Waals surface area contributed by atoms with Crippen LogP contribution in [0, 0.1) is 0 Å². The van der Waals surface area contributed by atoms with Crippen LogP contribution in [0.2, 0.25) is 0 Å². The van der Waals surface area contributed by atoms with E-state index in [0.717, 1.165) is 0 Å². The molecule has 1 fully saturated rings. The van der Waals surface area contributed by atoms with Gasteiger partial charge >= 0.3 is 5.97 Å². The number of nitrogens with two attached hydrogens (primary N) is 1. The summed E-state index contributed by atoms with van der Waals surface area (Å²) >= 11 is 0. The van der Waals surface area contributed by atoms with Crippen molar-refractivity contribution in [1.82, 2.24) is 0 Å². The molecule has 0 radical (unpaired) electrons. The van der Waals surface area contributed by atoms with Crippen molar-refractivity contribution < 1.29 is 19.0 Å². The van der Waals surface area contributed by atoms with Crippen molar-refractivity contribution in [2.45, 2.75) is 6.10 Å². The maximum atomic E-state index is 11.5. The fraction of sp³-hybridized carbons (Fsp3) is 0.364. The highest BCUT2D eigenvalue weighted by Crippen LogP contribution is 2.29. The first-order valence-corrected chi connectivity index (χ1v) is 4.93. The lowest BCUT2D eigenvalue weighted by atomic mass is 10.1. The maximum absolute atomic E-state index is 11.5. The van der Waals surface area contributed by atoms with Gasteiger partial charge in [0.25, 0.3) is 0 Å². The van der Waals surface area contributed by atoms with Gasteiger partial charge in [0.05, 0.1) is 26.0 Å². The molecule has 1 saturated heterocycles. The molecule has 1 aliphatic heterocycles. The van der Waals surface area contributed by atoms with Crippen molar-refractivity contribution in [2.75, 3.05) is 26.1 Å². The molecule has 0 bridgehead atoms. The monoisotopic (exact) mass is 223 g/mol. The molecule has 0 aliphatic carbocycles. The summed E-state index contributed by atoms with van der Waals surface area (Å²) in [5.41, 5.74) is 6.54. The van der Waals surface area contributed by atoms with Gasteiger partial charge in [0.1, 0.15) is 11.7 Å². The zero-order valence-corrected chi connectivity index (χ0v) is 8.93. The van der Waals surface area contributed by atoms with Gasteiger partial charge in [-0.25, -0.2) is 4.79 Å². The number of esters is 1. The molecule has 0 spiro atoms. The average molecular weight is 223 g/mol. The van der Waals surface area contributed by atoms with E-state index in [1.807, 2.05) is 0 Å². The van der Waals surface area contributed by atoms with E-state index in [9.17, 15) is 4.79 Å². The van der Waals surface area contributed by atoms with Gasteiger partial charge in [-0.05, 0) is 12.1 Å². The molecule has 0 amide bonds. The number of rotatable bonds is 3. The topological polar surface area (TPSA) is 70.8 Å². The van der Waals surface area contributed by atoms with Gasteiger partial charge < -0.3 is 19.9 Å². The molecule has 5 heteroatoms. The van der Waals surface area contributed by atoms with Crippen LogP contribution in [0.25, 0.3) is 0 Å². The number of carbonyl (C=O) groups is 1. The van der Waals surface area contributed by atoms with Gasteiger partial charge in [0.2, 0.25) is 0 Å². The van der Waals surface area contributed by atoms with Crippen molar-refractivity contribution in [3.8, 4) is 5.75 Å². The minimum Gasteiger partial charge on any atom is -0.483 e. The van der Waals surface area contributed by atoms with Crippen molar-refractivity contribution >= 4 is 11.7 Å². The number of benzene rings is 1. The first kappa shape index (κ1) is 10.8. The van der Waals surface area contributed by atoms with Crippen LogP contribution in [-0.2, 0) is 9.47 Å². The summed E-state index contributed by atoms with van der Waals surface area (Å²) < 4.78 is 15.2. The predicted octanol–water partition coefficient (Wildman–Crippen LogP) is 0.833. The van der Waals surface area contributed by atoms with E-state index in [1.165, 1.54) is 7.11 Å². The number of hydrogen-bond donors (Lipinski definition) is 1. The SMILES string of the molecule is COC(=O)c1cccc(N)c1OC1COC1. The highest BCUT2D eigenvalue weighted by atomic mass is 16.6. The van der Waals surface area contributed by atoms with Gasteiger partial charge in [0, 0.05) is 0 Å². The Bertz CT molecular complexity index is 401. The summed E-state index contributed by atoms with van der Waals surface area (Å²) in [5.74, 6) is -0.0785. The number of ether oxygens (including phenoxy) is 3. The normalized spacial score (nSPS) is 15.3. The molecule has 1 heterocycles. The third-order valence-corrected chi connectivity index (χ3v) is 2.34. The van der Waals surface area contributed by atoms with Gasteiger partial charge in [-0.2, -0.15) is 0 Å². The van der Waals surface area contributed by atoms with Crippen molar-refractivity contribution in [3.05, 3.63) is 23.8 Å². The van der Waals surface area contributed by atoms with Crippen LogP contribution in [0.3, 0.4) is 0 Å². The summed E-state index contributed by atoms with van der Waals surface area (Å²) in [4.78, 5) is 11.5. The van der Waals surface area contributed by atoms with Crippen LogP contribution >= 0.6 is 0 Å². The van der Waals surface area contributed by atoms with Crippen LogP contribution < -0.4 is 10.5 Å². The van der Waals surface area contributed by atoms with Gasteiger partial charge in [-0.3, -0.25) is 0 Å². The number of anilines is 1. The molecular weight excluding hydrogens is 210 g/mol. The summed E-state index contributed by atoms with van der Waals surface area (Å²) in [6.07, 6.45) is -0.0342.